The molecule has 0 aliphatic carbocycles. The van der Waals surface area contributed by atoms with Gasteiger partial charge in [0.05, 0.1) is 10.5 Å². The van der Waals surface area contributed by atoms with Crippen molar-refractivity contribution in [3.8, 4) is 12.3 Å². The Kier molecular flexibility index (Phi) is 5.34. The van der Waals surface area contributed by atoms with Crippen LogP contribution in [0.25, 0.3) is 0 Å². The SMILES string of the molecule is C#CC[C@H](C)OC(=O)c1ccc(CC)c(S(C)(=O)=O)c1. The van der Waals surface area contributed by atoms with Crippen molar-refractivity contribution in [2.75, 3.05) is 6.26 Å². The molecule has 0 heterocycles. The van der Waals surface area contributed by atoms with Gasteiger partial charge in [0.15, 0.2) is 9.84 Å². The summed E-state index contributed by atoms with van der Waals surface area (Å²) in [6.45, 7) is 3.55. The molecular weight excluding hydrogens is 276 g/mol. The van der Waals surface area contributed by atoms with Crippen LogP contribution in [-0.2, 0) is 21.0 Å². The Labute approximate surface area is 120 Å². The highest BCUT2D eigenvalue weighted by molar-refractivity contribution is 7.90. The molecule has 0 bridgehead atoms. The molecule has 1 atom stereocenters. The Balaban J connectivity index is 3.10. The smallest absolute Gasteiger partial charge is 0.338 e. The Morgan fingerprint density at radius 2 is 2.10 bits per heavy atom. The maximum atomic E-state index is 11.9. The first-order valence-corrected chi connectivity index (χ1v) is 8.16. The van der Waals surface area contributed by atoms with Crippen LogP contribution in [0.1, 0.15) is 36.2 Å². The lowest BCUT2D eigenvalue weighted by Gasteiger charge is -2.12. The molecule has 0 unspecified atom stereocenters. The second-order valence-electron chi connectivity index (χ2n) is 4.57. The zero-order valence-electron chi connectivity index (χ0n) is 11.8. The first kappa shape index (κ1) is 16.3. The van der Waals surface area contributed by atoms with Gasteiger partial charge in [-0.3, -0.25) is 0 Å². The van der Waals surface area contributed by atoms with E-state index in [1.54, 1.807) is 19.1 Å². The number of hydrogen-bond acceptors (Lipinski definition) is 4. The van der Waals surface area contributed by atoms with Crippen molar-refractivity contribution in [2.45, 2.75) is 37.7 Å². The maximum Gasteiger partial charge on any atom is 0.338 e. The van der Waals surface area contributed by atoms with Gasteiger partial charge in [0.2, 0.25) is 0 Å². The van der Waals surface area contributed by atoms with E-state index in [2.05, 4.69) is 5.92 Å². The van der Waals surface area contributed by atoms with Gasteiger partial charge in [0.25, 0.3) is 0 Å². The van der Waals surface area contributed by atoms with Crippen LogP contribution in [0, 0.1) is 12.3 Å². The predicted octanol–water partition coefficient (Wildman–Crippen LogP) is 2.22. The number of carbonyl (C=O) groups excluding carboxylic acids is 1. The lowest BCUT2D eigenvalue weighted by Crippen LogP contribution is -2.15. The van der Waals surface area contributed by atoms with E-state index in [-0.39, 0.29) is 10.5 Å². The lowest BCUT2D eigenvalue weighted by atomic mass is 10.1. The van der Waals surface area contributed by atoms with Crippen molar-refractivity contribution in [1.82, 2.24) is 0 Å². The van der Waals surface area contributed by atoms with E-state index in [1.165, 1.54) is 6.07 Å². The number of terminal acetylenes is 1. The van der Waals surface area contributed by atoms with Crippen LogP contribution >= 0.6 is 0 Å². The molecule has 0 N–H and O–H groups in total. The number of hydrogen-bond donors (Lipinski definition) is 0. The molecule has 0 aliphatic rings. The van der Waals surface area contributed by atoms with E-state index in [0.717, 1.165) is 6.26 Å². The standard InChI is InChI=1S/C15H18O4S/c1-5-7-11(3)19-15(16)13-9-8-12(6-2)14(10-13)20(4,17)18/h1,8-11H,6-7H2,2-4H3/t11-/m0/s1. The fourth-order valence-electron chi connectivity index (χ4n) is 1.78. The van der Waals surface area contributed by atoms with E-state index in [9.17, 15) is 13.2 Å². The zero-order chi connectivity index (χ0) is 15.3. The van der Waals surface area contributed by atoms with Crippen molar-refractivity contribution >= 4 is 15.8 Å². The van der Waals surface area contributed by atoms with Gasteiger partial charge in [0, 0.05) is 12.7 Å². The van der Waals surface area contributed by atoms with Crippen LogP contribution in [0.5, 0.6) is 0 Å². The van der Waals surface area contributed by atoms with E-state index in [4.69, 9.17) is 11.2 Å². The Hall–Kier alpha value is -1.80. The normalized spacial score (nSPS) is 12.5. The average Bonchev–Trinajstić information content (AvgIpc) is 2.37. The molecule has 4 nitrogen and oxygen atoms in total. The second kappa shape index (κ2) is 6.58. The van der Waals surface area contributed by atoms with Crippen molar-refractivity contribution in [2.24, 2.45) is 0 Å². The second-order valence-corrected chi connectivity index (χ2v) is 6.56. The van der Waals surface area contributed by atoms with Gasteiger partial charge in [0.1, 0.15) is 6.10 Å². The topological polar surface area (TPSA) is 60.4 Å². The largest absolute Gasteiger partial charge is 0.458 e. The van der Waals surface area contributed by atoms with E-state index >= 15 is 0 Å². The van der Waals surface area contributed by atoms with Gasteiger partial charge in [-0.25, -0.2) is 13.2 Å². The molecule has 1 aromatic carbocycles. The van der Waals surface area contributed by atoms with Gasteiger partial charge in [-0.1, -0.05) is 13.0 Å². The first-order chi connectivity index (χ1) is 9.29. The minimum atomic E-state index is -3.38. The van der Waals surface area contributed by atoms with Crippen molar-refractivity contribution < 1.29 is 17.9 Å². The van der Waals surface area contributed by atoms with Gasteiger partial charge in [-0.15, -0.1) is 12.3 Å². The maximum absolute atomic E-state index is 11.9. The highest BCUT2D eigenvalue weighted by atomic mass is 32.2. The number of sulfone groups is 1. The number of aryl methyl sites for hydroxylation is 1. The molecule has 0 aromatic heterocycles. The summed E-state index contributed by atoms with van der Waals surface area (Å²) >= 11 is 0. The summed E-state index contributed by atoms with van der Waals surface area (Å²) in [6.07, 6.45) is 6.75. The van der Waals surface area contributed by atoms with Crippen molar-refractivity contribution in [1.29, 1.82) is 0 Å². The van der Waals surface area contributed by atoms with Crippen LogP contribution < -0.4 is 0 Å². The molecule has 0 saturated heterocycles. The van der Waals surface area contributed by atoms with Gasteiger partial charge in [-0.05, 0) is 31.0 Å². The fraction of sp³-hybridized carbons (Fsp3) is 0.400. The molecule has 0 fully saturated rings. The minimum Gasteiger partial charge on any atom is -0.458 e. The third-order valence-electron chi connectivity index (χ3n) is 2.80. The predicted molar refractivity (Wildman–Crippen MR) is 77.3 cm³/mol. The van der Waals surface area contributed by atoms with Gasteiger partial charge >= 0.3 is 5.97 Å². The third kappa shape index (κ3) is 4.10. The van der Waals surface area contributed by atoms with Crippen molar-refractivity contribution in [3.05, 3.63) is 29.3 Å². The lowest BCUT2D eigenvalue weighted by molar-refractivity contribution is 0.0352. The molecular formula is C15H18O4S. The van der Waals surface area contributed by atoms with E-state index in [1.807, 2.05) is 6.92 Å². The van der Waals surface area contributed by atoms with Crippen LogP contribution in [0.15, 0.2) is 23.1 Å². The van der Waals surface area contributed by atoms with Gasteiger partial charge in [-0.2, -0.15) is 0 Å². The molecule has 0 amide bonds. The highest BCUT2D eigenvalue weighted by Crippen LogP contribution is 2.19. The first-order valence-electron chi connectivity index (χ1n) is 6.27. The third-order valence-corrected chi connectivity index (χ3v) is 3.98. The summed E-state index contributed by atoms with van der Waals surface area (Å²) in [5.41, 5.74) is 0.896. The number of rotatable bonds is 5. The summed E-state index contributed by atoms with van der Waals surface area (Å²) in [5, 5.41) is 0. The molecule has 1 rings (SSSR count). The van der Waals surface area contributed by atoms with E-state index in [0.29, 0.717) is 18.4 Å². The number of carbonyl (C=O) groups is 1. The number of esters is 1. The number of benzene rings is 1. The van der Waals surface area contributed by atoms with E-state index < -0.39 is 21.9 Å². The molecule has 108 valence electrons. The summed E-state index contributed by atoms with van der Waals surface area (Å²) in [7, 11) is -3.38. The fourth-order valence-corrected chi connectivity index (χ4v) is 2.81. The van der Waals surface area contributed by atoms with Crippen LogP contribution in [0.4, 0.5) is 0 Å². The summed E-state index contributed by atoms with van der Waals surface area (Å²) in [5.74, 6) is 1.84. The molecule has 0 spiro atoms. The Bertz CT molecular complexity index is 638. The number of ether oxygens (including phenoxy) is 1. The molecule has 0 radical (unpaired) electrons. The quantitative estimate of drug-likeness (QED) is 0.617. The zero-order valence-corrected chi connectivity index (χ0v) is 12.7. The Morgan fingerprint density at radius 3 is 2.60 bits per heavy atom. The van der Waals surface area contributed by atoms with Crippen LogP contribution in [0.2, 0.25) is 0 Å². The van der Waals surface area contributed by atoms with Crippen LogP contribution in [-0.4, -0.2) is 26.7 Å². The van der Waals surface area contributed by atoms with Crippen molar-refractivity contribution in [3.63, 3.8) is 0 Å². The monoisotopic (exact) mass is 294 g/mol. The molecule has 1 aromatic rings. The molecule has 5 heteroatoms. The van der Waals surface area contributed by atoms with Crippen LogP contribution in [0.3, 0.4) is 0 Å². The summed E-state index contributed by atoms with van der Waals surface area (Å²) < 4.78 is 28.6. The molecule has 20 heavy (non-hydrogen) atoms. The average molecular weight is 294 g/mol. The highest BCUT2D eigenvalue weighted by Gasteiger charge is 2.17. The van der Waals surface area contributed by atoms with Gasteiger partial charge < -0.3 is 4.74 Å². The Morgan fingerprint density at radius 1 is 1.45 bits per heavy atom. The summed E-state index contributed by atoms with van der Waals surface area (Å²) in [4.78, 5) is 12.1. The minimum absolute atomic E-state index is 0.166. The molecule has 0 saturated carbocycles. The summed E-state index contributed by atoms with van der Waals surface area (Å²) in [6, 6.07) is 4.57. The molecule has 0 aliphatic heterocycles.